The van der Waals surface area contributed by atoms with Crippen LogP contribution in [0.5, 0.6) is 0 Å². The lowest BCUT2D eigenvalue weighted by Crippen LogP contribution is -2.48. The van der Waals surface area contributed by atoms with Crippen LogP contribution in [-0.2, 0) is 6.54 Å². The van der Waals surface area contributed by atoms with Crippen molar-refractivity contribution < 1.29 is 4.52 Å². The fourth-order valence-corrected chi connectivity index (χ4v) is 2.79. The van der Waals surface area contributed by atoms with Gasteiger partial charge in [0.2, 0.25) is 0 Å². The van der Waals surface area contributed by atoms with E-state index in [9.17, 15) is 0 Å². The number of anilines is 1. The van der Waals surface area contributed by atoms with E-state index in [0.717, 1.165) is 49.9 Å². The highest BCUT2D eigenvalue weighted by atomic mass is 127. The minimum absolute atomic E-state index is 0. The zero-order valence-corrected chi connectivity index (χ0v) is 16.7. The van der Waals surface area contributed by atoms with Crippen molar-refractivity contribution in [2.45, 2.75) is 32.4 Å². The van der Waals surface area contributed by atoms with Crippen LogP contribution in [0.15, 0.2) is 46.2 Å². The number of aliphatic imine (C=N–C) groups is 1. The quantitative estimate of drug-likeness (QED) is 0.409. The first kappa shape index (κ1) is 19.5. The molecule has 2 aromatic rings. The average molecular weight is 456 g/mol. The van der Waals surface area contributed by atoms with Crippen LogP contribution < -0.4 is 15.5 Å². The molecule has 0 saturated carbocycles. The SMILES string of the molecule is CCNC(=NCc1ccon1)NC1CCN(c2ccccn2)CC1.I. The topological polar surface area (TPSA) is 78.6 Å². The molecule has 2 N–H and O–H groups in total. The Kier molecular flexibility index (Phi) is 7.96. The van der Waals surface area contributed by atoms with Crippen molar-refractivity contribution in [2.75, 3.05) is 24.5 Å². The van der Waals surface area contributed by atoms with Crippen molar-refractivity contribution in [3.63, 3.8) is 0 Å². The Bertz CT molecular complexity index is 626. The van der Waals surface area contributed by atoms with Gasteiger partial charge in [0.25, 0.3) is 0 Å². The molecule has 0 spiro atoms. The molecule has 25 heavy (non-hydrogen) atoms. The first-order chi connectivity index (χ1) is 11.8. The van der Waals surface area contributed by atoms with Crippen molar-refractivity contribution in [1.29, 1.82) is 0 Å². The molecule has 136 valence electrons. The molecule has 0 aliphatic carbocycles. The molecule has 0 aromatic carbocycles. The van der Waals surface area contributed by atoms with Crippen LogP contribution in [0.1, 0.15) is 25.5 Å². The van der Waals surface area contributed by atoms with Gasteiger partial charge in [-0.05, 0) is 31.9 Å². The van der Waals surface area contributed by atoms with Gasteiger partial charge < -0.3 is 20.1 Å². The molecule has 0 amide bonds. The molecule has 0 bridgehead atoms. The second kappa shape index (κ2) is 10.2. The zero-order valence-electron chi connectivity index (χ0n) is 14.4. The van der Waals surface area contributed by atoms with E-state index in [2.05, 4.69) is 43.7 Å². The van der Waals surface area contributed by atoms with Crippen LogP contribution in [0.3, 0.4) is 0 Å². The molecule has 3 heterocycles. The predicted octanol–water partition coefficient (Wildman–Crippen LogP) is 2.41. The number of hydrogen-bond donors (Lipinski definition) is 2. The first-order valence-corrected chi connectivity index (χ1v) is 8.45. The van der Waals surface area contributed by atoms with E-state index in [4.69, 9.17) is 4.52 Å². The molecule has 2 aromatic heterocycles. The fraction of sp³-hybridized carbons (Fsp3) is 0.471. The van der Waals surface area contributed by atoms with Crippen molar-refractivity contribution in [3.8, 4) is 0 Å². The minimum Gasteiger partial charge on any atom is -0.364 e. The third-order valence-corrected chi connectivity index (χ3v) is 4.04. The number of rotatable bonds is 5. The highest BCUT2D eigenvalue weighted by Gasteiger charge is 2.20. The predicted molar refractivity (Wildman–Crippen MR) is 109 cm³/mol. The molecular formula is C17H25IN6O. The van der Waals surface area contributed by atoms with Crippen LogP contribution in [-0.4, -0.2) is 41.8 Å². The third-order valence-electron chi connectivity index (χ3n) is 4.04. The summed E-state index contributed by atoms with van der Waals surface area (Å²) in [4.78, 5) is 11.3. The summed E-state index contributed by atoms with van der Waals surface area (Å²) < 4.78 is 4.84. The fourth-order valence-electron chi connectivity index (χ4n) is 2.79. The number of hydrogen-bond acceptors (Lipinski definition) is 5. The second-order valence-corrected chi connectivity index (χ2v) is 5.78. The van der Waals surface area contributed by atoms with E-state index >= 15 is 0 Å². The van der Waals surface area contributed by atoms with Crippen LogP contribution in [0.2, 0.25) is 0 Å². The lowest BCUT2D eigenvalue weighted by atomic mass is 10.1. The average Bonchev–Trinajstić information content (AvgIpc) is 3.15. The van der Waals surface area contributed by atoms with Crippen LogP contribution >= 0.6 is 24.0 Å². The van der Waals surface area contributed by atoms with Gasteiger partial charge in [0.05, 0.1) is 6.54 Å². The summed E-state index contributed by atoms with van der Waals surface area (Å²) in [6.45, 7) is 5.40. The highest BCUT2D eigenvalue weighted by molar-refractivity contribution is 14.0. The zero-order chi connectivity index (χ0) is 16.6. The maximum atomic E-state index is 4.84. The highest BCUT2D eigenvalue weighted by Crippen LogP contribution is 2.17. The van der Waals surface area contributed by atoms with E-state index in [1.165, 1.54) is 0 Å². The Labute approximate surface area is 165 Å². The van der Waals surface area contributed by atoms with Gasteiger partial charge in [-0.15, -0.1) is 24.0 Å². The molecule has 8 heteroatoms. The summed E-state index contributed by atoms with van der Waals surface area (Å²) in [7, 11) is 0. The van der Waals surface area contributed by atoms with Gasteiger partial charge >= 0.3 is 0 Å². The normalized spacial score (nSPS) is 15.6. The van der Waals surface area contributed by atoms with Gasteiger partial charge in [0.15, 0.2) is 5.96 Å². The monoisotopic (exact) mass is 456 g/mol. The number of guanidine groups is 1. The molecule has 3 rings (SSSR count). The Balaban J connectivity index is 0.00000225. The smallest absolute Gasteiger partial charge is 0.191 e. The van der Waals surface area contributed by atoms with Crippen LogP contribution in [0.4, 0.5) is 5.82 Å². The van der Waals surface area contributed by atoms with Crippen LogP contribution in [0, 0.1) is 0 Å². The van der Waals surface area contributed by atoms with Crippen molar-refractivity contribution in [1.82, 2.24) is 20.8 Å². The van der Waals surface area contributed by atoms with E-state index in [-0.39, 0.29) is 24.0 Å². The molecule has 0 radical (unpaired) electrons. The summed E-state index contributed by atoms with van der Waals surface area (Å²) in [6.07, 6.45) is 5.54. The summed E-state index contributed by atoms with van der Waals surface area (Å²) in [5.74, 6) is 1.89. The molecule has 1 aliphatic rings. The van der Waals surface area contributed by atoms with Gasteiger partial charge in [-0.25, -0.2) is 9.98 Å². The number of nitrogens with one attached hydrogen (secondary N) is 2. The Morgan fingerprint density at radius 3 is 2.80 bits per heavy atom. The number of nitrogens with zero attached hydrogens (tertiary/aromatic N) is 4. The maximum absolute atomic E-state index is 4.84. The van der Waals surface area contributed by atoms with E-state index in [1.54, 1.807) is 6.26 Å². The standard InChI is InChI=1S/C17H24N6O.HI/c1-2-18-17(20-13-15-8-12-24-22-15)21-14-6-10-23(11-7-14)16-5-3-4-9-19-16;/h3-5,8-9,12,14H,2,6-7,10-11,13H2,1H3,(H2,18,20,21);1H. The molecule has 7 nitrogen and oxygen atoms in total. The van der Waals surface area contributed by atoms with Crippen molar-refractivity contribution >= 4 is 35.8 Å². The van der Waals surface area contributed by atoms with Gasteiger partial charge in [-0.3, -0.25) is 0 Å². The number of aromatic nitrogens is 2. The summed E-state index contributed by atoms with van der Waals surface area (Å²) in [5, 5.41) is 10.7. The van der Waals surface area contributed by atoms with E-state index in [1.807, 2.05) is 24.4 Å². The van der Waals surface area contributed by atoms with Crippen molar-refractivity contribution in [3.05, 3.63) is 42.4 Å². The van der Waals surface area contributed by atoms with Gasteiger partial charge in [0, 0.05) is 37.9 Å². The minimum atomic E-state index is 0. The molecule has 1 aliphatic heterocycles. The molecular weight excluding hydrogens is 431 g/mol. The largest absolute Gasteiger partial charge is 0.364 e. The number of piperidine rings is 1. The summed E-state index contributed by atoms with van der Waals surface area (Å²) in [5.41, 5.74) is 0.831. The molecule has 0 atom stereocenters. The van der Waals surface area contributed by atoms with Gasteiger partial charge in [-0.2, -0.15) is 0 Å². The Morgan fingerprint density at radius 2 is 2.16 bits per heavy atom. The first-order valence-electron chi connectivity index (χ1n) is 8.45. The summed E-state index contributed by atoms with van der Waals surface area (Å²) in [6, 6.07) is 8.30. The lowest BCUT2D eigenvalue weighted by molar-refractivity contribution is 0.412. The molecule has 1 saturated heterocycles. The maximum Gasteiger partial charge on any atom is 0.191 e. The Morgan fingerprint density at radius 1 is 1.32 bits per heavy atom. The summed E-state index contributed by atoms with van der Waals surface area (Å²) >= 11 is 0. The van der Waals surface area contributed by atoms with Gasteiger partial charge in [-0.1, -0.05) is 11.2 Å². The Hall–Kier alpha value is -1.84. The third kappa shape index (κ3) is 5.87. The van der Waals surface area contributed by atoms with Crippen LogP contribution in [0.25, 0.3) is 0 Å². The van der Waals surface area contributed by atoms with E-state index in [0.29, 0.717) is 12.6 Å². The second-order valence-electron chi connectivity index (χ2n) is 5.78. The van der Waals surface area contributed by atoms with Crippen molar-refractivity contribution in [2.24, 2.45) is 4.99 Å². The lowest BCUT2D eigenvalue weighted by Gasteiger charge is -2.33. The number of pyridine rings is 1. The van der Waals surface area contributed by atoms with E-state index < -0.39 is 0 Å². The molecule has 0 unspecified atom stereocenters. The van der Waals surface area contributed by atoms with Gasteiger partial charge in [0.1, 0.15) is 17.8 Å². The molecule has 1 fully saturated rings. The number of halogens is 1.